The molecule has 0 aliphatic heterocycles. The van der Waals surface area contributed by atoms with Gasteiger partial charge in [-0.25, -0.2) is 8.42 Å². The van der Waals surface area contributed by atoms with Crippen LogP contribution in [0.1, 0.15) is 24.9 Å². The Morgan fingerprint density at radius 1 is 1.07 bits per heavy atom. The lowest BCUT2D eigenvalue weighted by atomic mass is 10.0. The van der Waals surface area contributed by atoms with Gasteiger partial charge in [-0.1, -0.05) is 37.3 Å². The highest BCUT2D eigenvalue weighted by molar-refractivity contribution is 7.92. The van der Waals surface area contributed by atoms with Gasteiger partial charge >= 0.3 is 0 Å². The minimum Gasteiger partial charge on any atom is -0.493 e. The molecular weight excluding hydrogens is 380 g/mol. The molecule has 2 rings (SSSR count). The summed E-state index contributed by atoms with van der Waals surface area (Å²) in [7, 11) is -0.732. The first-order valence-corrected chi connectivity index (χ1v) is 10.7. The van der Waals surface area contributed by atoms with E-state index in [4.69, 9.17) is 9.47 Å². The second-order valence-corrected chi connectivity index (χ2v) is 8.15. The third kappa shape index (κ3) is 5.39. The number of hydrogen-bond donors (Lipinski definition) is 1. The predicted molar refractivity (Wildman–Crippen MR) is 109 cm³/mol. The lowest BCUT2D eigenvalue weighted by molar-refractivity contribution is -0.120. The van der Waals surface area contributed by atoms with Gasteiger partial charge in [-0.2, -0.15) is 0 Å². The first kappa shape index (κ1) is 21.6. The summed E-state index contributed by atoms with van der Waals surface area (Å²) in [4.78, 5) is 12.6. The molecule has 0 radical (unpaired) electrons. The van der Waals surface area contributed by atoms with Crippen molar-refractivity contribution in [2.45, 2.75) is 19.4 Å². The smallest absolute Gasteiger partial charge is 0.241 e. The summed E-state index contributed by atoms with van der Waals surface area (Å²) >= 11 is 0. The fraction of sp³-hybridized carbons (Fsp3) is 0.350. The summed E-state index contributed by atoms with van der Waals surface area (Å²) in [6.45, 7) is 1.62. The van der Waals surface area contributed by atoms with E-state index < -0.39 is 15.9 Å². The number of methoxy groups -OCH3 is 2. The first-order chi connectivity index (χ1) is 13.3. The molecule has 0 bridgehead atoms. The zero-order valence-electron chi connectivity index (χ0n) is 16.5. The number of nitrogens with one attached hydrogen (secondary N) is 1. The van der Waals surface area contributed by atoms with E-state index in [-0.39, 0.29) is 12.6 Å². The normalized spacial score (nSPS) is 12.1. The van der Waals surface area contributed by atoms with E-state index in [9.17, 15) is 13.2 Å². The van der Waals surface area contributed by atoms with Crippen LogP contribution in [0.3, 0.4) is 0 Å². The molecule has 0 aliphatic rings. The van der Waals surface area contributed by atoms with Gasteiger partial charge in [0, 0.05) is 6.07 Å². The van der Waals surface area contributed by atoms with E-state index in [0.29, 0.717) is 23.6 Å². The zero-order valence-corrected chi connectivity index (χ0v) is 17.3. The number of amides is 1. The minimum absolute atomic E-state index is 0.194. The van der Waals surface area contributed by atoms with Crippen molar-refractivity contribution >= 4 is 21.6 Å². The monoisotopic (exact) mass is 406 g/mol. The summed E-state index contributed by atoms with van der Waals surface area (Å²) in [5.74, 6) is 0.458. The van der Waals surface area contributed by atoms with Crippen LogP contribution in [0.15, 0.2) is 48.5 Å². The molecule has 0 saturated heterocycles. The molecule has 8 heteroatoms. The fourth-order valence-corrected chi connectivity index (χ4v) is 3.71. The Hall–Kier alpha value is -2.74. The highest BCUT2D eigenvalue weighted by atomic mass is 32.2. The van der Waals surface area contributed by atoms with Crippen molar-refractivity contribution in [2.75, 3.05) is 31.3 Å². The molecule has 0 fully saturated rings. The number of carbonyl (C=O) groups excluding carboxylic acids is 1. The van der Waals surface area contributed by atoms with Gasteiger partial charge in [-0.05, 0) is 24.1 Å². The number of anilines is 1. The van der Waals surface area contributed by atoms with Crippen LogP contribution in [0, 0.1) is 0 Å². The molecule has 2 aromatic rings. The Morgan fingerprint density at radius 2 is 1.71 bits per heavy atom. The number of sulfonamides is 1. The number of rotatable bonds is 9. The molecule has 28 heavy (non-hydrogen) atoms. The average Bonchev–Trinajstić information content (AvgIpc) is 2.69. The lowest BCUT2D eigenvalue weighted by Crippen LogP contribution is -2.41. The van der Waals surface area contributed by atoms with Crippen LogP contribution in [0.25, 0.3) is 0 Å². The van der Waals surface area contributed by atoms with Crippen molar-refractivity contribution < 1.29 is 22.7 Å². The highest BCUT2D eigenvalue weighted by Crippen LogP contribution is 2.32. The molecule has 1 unspecified atom stereocenters. The molecule has 0 heterocycles. The largest absolute Gasteiger partial charge is 0.493 e. The van der Waals surface area contributed by atoms with Crippen molar-refractivity contribution in [3.8, 4) is 11.5 Å². The second-order valence-electron chi connectivity index (χ2n) is 6.25. The summed E-state index contributed by atoms with van der Waals surface area (Å²) in [5.41, 5.74) is 1.29. The van der Waals surface area contributed by atoms with Gasteiger partial charge in [0.05, 0.1) is 32.2 Å². The third-order valence-electron chi connectivity index (χ3n) is 4.29. The average molecular weight is 407 g/mol. The Bertz CT molecular complexity index is 900. The maximum Gasteiger partial charge on any atom is 0.241 e. The Morgan fingerprint density at radius 3 is 2.25 bits per heavy atom. The molecule has 152 valence electrons. The van der Waals surface area contributed by atoms with Gasteiger partial charge in [-0.15, -0.1) is 0 Å². The second kappa shape index (κ2) is 9.45. The van der Waals surface area contributed by atoms with Gasteiger partial charge < -0.3 is 14.8 Å². The summed E-state index contributed by atoms with van der Waals surface area (Å²) in [5, 5.41) is 2.91. The van der Waals surface area contributed by atoms with Gasteiger partial charge in [0.1, 0.15) is 6.54 Å². The van der Waals surface area contributed by atoms with E-state index >= 15 is 0 Å². The van der Waals surface area contributed by atoms with Gasteiger partial charge in [0.25, 0.3) is 0 Å². The quantitative estimate of drug-likeness (QED) is 0.692. The summed E-state index contributed by atoms with van der Waals surface area (Å²) in [6, 6.07) is 14.1. The molecule has 7 nitrogen and oxygen atoms in total. The van der Waals surface area contributed by atoms with E-state index in [1.54, 1.807) is 12.1 Å². The molecule has 0 aliphatic carbocycles. The molecule has 2 aromatic carbocycles. The number of carbonyl (C=O) groups is 1. The van der Waals surface area contributed by atoms with Gasteiger partial charge in [0.2, 0.25) is 15.9 Å². The first-order valence-electron chi connectivity index (χ1n) is 8.84. The van der Waals surface area contributed by atoms with Crippen LogP contribution in [-0.2, 0) is 14.8 Å². The molecule has 0 aromatic heterocycles. The Labute approximate surface area is 166 Å². The molecule has 0 spiro atoms. The molecular formula is C20H26N2O5S. The van der Waals surface area contributed by atoms with E-state index in [1.807, 2.05) is 37.3 Å². The number of benzene rings is 2. The SMILES string of the molecule is CCC(NC(=O)CN(c1ccc(OC)c(OC)c1)S(C)(=O)=O)c1ccccc1. The topological polar surface area (TPSA) is 84.9 Å². The predicted octanol–water partition coefficient (Wildman–Crippen LogP) is 2.74. The number of nitrogens with zero attached hydrogens (tertiary/aromatic N) is 1. The van der Waals surface area contributed by atoms with Crippen LogP contribution in [-0.4, -0.2) is 41.3 Å². The fourth-order valence-electron chi connectivity index (χ4n) is 2.86. The van der Waals surface area contributed by atoms with Crippen LogP contribution >= 0.6 is 0 Å². The Balaban J connectivity index is 2.24. The van der Waals surface area contributed by atoms with E-state index in [2.05, 4.69) is 5.32 Å². The third-order valence-corrected chi connectivity index (χ3v) is 5.43. The maximum absolute atomic E-state index is 12.6. The molecule has 0 saturated carbocycles. The number of hydrogen-bond acceptors (Lipinski definition) is 5. The molecule has 1 N–H and O–H groups in total. The molecule has 1 atom stereocenters. The van der Waals surface area contributed by atoms with Crippen molar-refractivity contribution in [1.82, 2.24) is 5.32 Å². The van der Waals surface area contributed by atoms with Crippen molar-refractivity contribution in [3.63, 3.8) is 0 Å². The summed E-state index contributed by atoms with van der Waals surface area (Å²) < 4.78 is 36.1. The highest BCUT2D eigenvalue weighted by Gasteiger charge is 2.23. The lowest BCUT2D eigenvalue weighted by Gasteiger charge is -2.24. The van der Waals surface area contributed by atoms with Crippen LogP contribution in [0.2, 0.25) is 0 Å². The van der Waals surface area contributed by atoms with Crippen LogP contribution < -0.4 is 19.1 Å². The van der Waals surface area contributed by atoms with E-state index in [0.717, 1.165) is 16.1 Å². The van der Waals surface area contributed by atoms with Gasteiger partial charge in [0.15, 0.2) is 11.5 Å². The maximum atomic E-state index is 12.6. The molecule has 1 amide bonds. The Kier molecular flexibility index (Phi) is 7.28. The standard InChI is InChI=1S/C20H26N2O5S/c1-5-17(15-9-7-6-8-10-15)21-20(23)14-22(28(4,24)25)16-11-12-18(26-2)19(13-16)27-3/h6-13,17H,5,14H2,1-4H3,(H,21,23). The number of ether oxygens (including phenoxy) is 2. The summed E-state index contributed by atoms with van der Waals surface area (Å²) in [6.07, 6.45) is 1.75. The van der Waals surface area contributed by atoms with Crippen molar-refractivity contribution in [1.29, 1.82) is 0 Å². The van der Waals surface area contributed by atoms with Crippen molar-refractivity contribution in [2.24, 2.45) is 0 Å². The van der Waals surface area contributed by atoms with E-state index in [1.165, 1.54) is 20.3 Å². The van der Waals surface area contributed by atoms with Crippen LogP contribution in [0.5, 0.6) is 11.5 Å². The van der Waals surface area contributed by atoms with Gasteiger partial charge in [-0.3, -0.25) is 9.10 Å². The zero-order chi connectivity index (χ0) is 20.7. The van der Waals surface area contributed by atoms with Crippen molar-refractivity contribution in [3.05, 3.63) is 54.1 Å². The minimum atomic E-state index is -3.69. The van der Waals surface area contributed by atoms with Crippen LogP contribution in [0.4, 0.5) is 5.69 Å².